The number of primary amides is 1. The number of nitrogens with two attached hydrogens (primary N) is 1. The molecule has 0 atom stereocenters. The topological polar surface area (TPSA) is 84.1 Å². The summed E-state index contributed by atoms with van der Waals surface area (Å²) >= 11 is 3.57. The van der Waals surface area contributed by atoms with Crippen LogP contribution in [-0.4, -0.2) is 35.5 Å². The summed E-state index contributed by atoms with van der Waals surface area (Å²) in [4.78, 5) is 22.0. The smallest absolute Gasteiger partial charge is 0.220 e. The number of hydrogen-bond acceptors (Lipinski definition) is 5. The molecule has 1 aliphatic rings. The molecule has 1 aromatic heterocycles. The van der Waals surface area contributed by atoms with Crippen LogP contribution in [-0.2, 0) is 4.79 Å². The Balaban J connectivity index is 2.08. The summed E-state index contributed by atoms with van der Waals surface area (Å²) in [7, 11) is 0. The van der Waals surface area contributed by atoms with E-state index in [9.17, 15) is 4.79 Å². The van der Waals surface area contributed by atoms with E-state index in [1.807, 2.05) is 0 Å². The minimum atomic E-state index is -0.197. The SMILES string of the molecule is CCCNc1ncnc(N2CCC(C(N)=O)CC2)c1Br. The van der Waals surface area contributed by atoms with Gasteiger partial charge in [-0.2, -0.15) is 0 Å². The van der Waals surface area contributed by atoms with Crippen molar-refractivity contribution in [1.29, 1.82) is 0 Å². The fraction of sp³-hybridized carbons (Fsp3) is 0.615. The average molecular weight is 342 g/mol. The van der Waals surface area contributed by atoms with E-state index in [0.29, 0.717) is 0 Å². The molecule has 2 rings (SSSR count). The molecule has 0 saturated carbocycles. The molecule has 7 heteroatoms. The first-order valence-electron chi connectivity index (χ1n) is 6.92. The number of aromatic nitrogens is 2. The van der Waals surface area contributed by atoms with E-state index in [1.165, 1.54) is 0 Å². The zero-order valence-corrected chi connectivity index (χ0v) is 13.2. The highest BCUT2D eigenvalue weighted by Crippen LogP contribution is 2.31. The van der Waals surface area contributed by atoms with Crippen LogP contribution in [0.5, 0.6) is 0 Å². The fourth-order valence-corrected chi connectivity index (χ4v) is 2.92. The van der Waals surface area contributed by atoms with Crippen molar-refractivity contribution < 1.29 is 4.79 Å². The van der Waals surface area contributed by atoms with E-state index in [-0.39, 0.29) is 11.8 Å². The molecular formula is C13H20BrN5O. The van der Waals surface area contributed by atoms with Gasteiger partial charge in [-0.15, -0.1) is 0 Å². The van der Waals surface area contributed by atoms with E-state index in [0.717, 1.165) is 55.0 Å². The number of amides is 1. The standard InChI is InChI=1S/C13H20BrN5O/c1-2-5-16-12-10(14)13(18-8-17-12)19-6-3-9(4-7-19)11(15)20/h8-9H,2-7H2,1H3,(H2,15,20)(H,16,17,18). The van der Waals surface area contributed by atoms with Crippen LogP contribution in [0.4, 0.5) is 11.6 Å². The van der Waals surface area contributed by atoms with Gasteiger partial charge in [-0.05, 0) is 35.2 Å². The maximum Gasteiger partial charge on any atom is 0.220 e. The number of nitrogens with one attached hydrogen (secondary N) is 1. The predicted molar refractivity (Wildman–Crippen MR) is 82.6 cm³/mol. The molecule has 110 valence electrons. The van der Waals surface area contributed by atoms with Gasteiger partial charge in [0.05, 0.1) is 0 Å². The van der Waals surface area contributed by atoms with Crippen LogP contribution in [0.15, 0.2) is 10.8 Å². The zero-order chi connectivity index (χ0) is 14.5. The van der Waals surface area contributed by atoms with Gasteiger partial charge >= 0.3 is 0 Å². The van der Waals surface area contributed by atoms with Crippen molar-refractivity contribution in [1.82, 2.24) is 9.97 Å². The molecule has 1 aromatic rings. The van der Waals surface area contributed by atoms with Crippen molar-refractivity contribution >= 4 is 33.5 Å². The van der Waals surface area contributed by atoms with E-state index >= 15 is 0 Å². The molecule has 1 amide bonds. The number of piperidine rings is 1. The van der Waals surface area contributed by atoms with Gasteiger partial charge in [-0.25, -0.2) is 9.97 Å². The Morgan fingerprint density at radius 2 is 2.20 bits per heavy atom. The number of carbonyl (C=O) groups is 1. The van der Waals surface area contributed by atoms with Crippen molar-refractivity contribution in [3.8, 4) is 0 Å². The highest BCUT2D eigenvalue weighted by Gasteiger charge is 2.25. The molecule has 1 saturated heterocycles. The Hall–Kier alpha value is -1.37. The van der Waals surface area contributed by atoms with Crippen molar-refractivity contribution in [3.05, 3.63) is 10.8 Å². The molecule has 1 aliphatic heterocycles. The van der Waals surface area contributed by atoms with Gasteiger partial charge in [-0.1, -0.05) is 6.92 Å². The molecule has 0 bridgehead atoms. The van der Waals surface area contributed by atoms with Crippen LogP contribution in [0.3, 0.4) is 0 Å². The lowest BCUT2D eigenvalue weighted by Crippen LogP contribution is -2.39. The molecule has 3 N–H and O–H groups in total. The lowest BCUT2D eigenvalue weighted by molar-refractivity contribution is -0.122. The molecule has 6 nitrogen and oxygen atoms in total. The summed E-state index contributed by atoms with van der Waals surface area (Å²) in [6.45, 7) is 4.56. The normalized spacial score (nSPS) is 16.2. The molecule has 1 fully saturated rings. The summed E-state index contributed by atoms with van der Waals surface area (Å²) in [5, 5.41) is 3.27. The van der Waals surface area contributed by atoms with Gasteiger partial charge < -0.3 is 16.0 Å². The number of carbonyl (C=O) groups excluding carboxylic acids is 1. The van der Waals surface area contributed by atoms with Gasteiger partial charge in [-0.3, -0.25) is 4.79 Å². The van der Waals surface area contributed by atoms with Gasteiger partial charge in [0, 0.05) is 25.6 Å². The molecule has 0 unspecified atom stereocenters. The van der Waals surface area contributed by atoms with Crippen LogP contribution in [0.25, 0.3) is 0 Å². The first-order valence-corrected chi connectivity index (χ1v) is 7.71. The van der Waals surface area contributed by atoms with Crippen LogP contribution in [0, 0.1) is 5.92 Å². The van der Waals surface area contributed by atoms with Crippen molar-refractivity contribution in [3.63, 3.8) is 0 Å². The second-order valence-electron chi connectivity index (χ2n) is 4.95. The van der Waals surface area contributed by atoms with Gasteiger partial charge in [0.25, 0.3) is 0 Å². The average Bonchev–Trinajstić information content (AvgIpc) is 2.46. The lowest BCUT2D eigenvalue weighted by Gasteiger charge is -2.32. The Morgan fingerprint density at radius 3 is 2.80 bits per heavy atom. The summed E-state index contributed by atoms with van der Waals surface area (Å²) in [6, 6.07) is 0. The maximum atomic E-state index is 11.2. The monoisotopic (exact) mass is 341 g/mol. The molecule has 20 heavy (non-hydrogen) atoms. The van der Waals surface area contributed by atoms with E-state index in [2.05, 4.69) is 43.0 Å². The van der Waals surface area contributed by atoms with Crippen molar-refractivity contribution in [2.24, 2.45) is 11.7 Å². The van der Waals surface area contributed by atoms with Crippen LogP contribution >= 0.6 is 15.9 Å². The molecule has 0 aromatic carbocycles. The quantitative estimate of drug-likeness (QED) is 0.852. The highest BCUT2D eigenvalue weighted by atomic mass is 79.9. The minimum Gasteiger partial charge on any atom is -0.369 e. The Labute approximate surface area is 127 Å². The molecule has 0 radical (unpaired) electrons. The summed E-state index contributed by atoms with van der Waals surface area (Å²) < 4.78 is 0.881. The number of halogens is 1. The predicted octanol–water partition coefficient (Wildman–Crippen LogP) is 1.76. The Morgan fingerprint density at radius 1 is 1.50 bits per heavy atom. The molecular weight excluding hydrogens is 322 g/mol. The summed E-state index contributed by atoms with van der Waals surface area (Å²) in [5.41, 5.74) is 5.36. The van der Waals surface area contributed by atoms with Crippen molar-refractivity contribution in [2.45, 2.75) is 26.2 Å². The number of anilines is 2. The van der Waals surface area contributed by atoms with Gasteiger partial charge in [0.1, 0.15) is 22.4 Å². The van der Waals surface area contributed by atoms with Crippen LogP contribution < -0.4 is 16.0 Å². The van der Waals surface area contributed by atoms with Gasteiger partial charge in [0.2, 0.25) is 5.91 Å². The number of rotatable bonds is 5. The Kier molecular flexibility index (Phi) is 5.17. The minimum absolute atomic E-state index is 0.00968. The first-order chi connectivity index (χ1) is 9.63. The van der Waals surface area contributed by atoms with Crippen LogP contribution in [0.2, 0.25) is 0 Å². The largest absolute Gasteiger partial charge is 0.369 e. The van der Waals surface area contributed by atoms with E-state index in [4.69, 9.17) is 5.73 Å². The van der Waals surface area contributed by atoms with Crippen LogP contribution in [0.1, 0.15) is 26.2 Å². The zero-order valence-electron chi connectivity index (χ0n) is 11.6. The highest BCUT2D eigenvalue weighted by molar-refractivity contribution is 9.10. The summed E-state index contributed by atoms with van der Waals surface area (Å²) in [5.74, 6) is 1.48. The van der Waals surface area contributed by atoms with Gasteiger partial charge in [0.15, 0.2) is 0 Å². The fourth-order valence-electron chi connectivity index (χ4n) is 2.32. The first kappa shape index (κ1) is 15.0. The third-order valence-corrected chi connectivity index (χ3v) is 4.24. The molecule has 2 heterocycles. The maximum absolute atomic E-state index is 11.2. The third kappa shape index (κ3) is 3.39. The van der Waals surface area contributed by atoms with E-state index in [1.54, 1.807) is 6.33 Å². The second kappa shape index (κ2) is 6.88. The second-order valence-corrected chi connectivity index (χ2v) is 5.74. The molecule has 0 spiro atoms. The molecule has 0 aliphatic carbocycles. The Bertz CT molecular complexity index is 474. The number of nitrogens with zero attached hydrogens (tertiary/aromatic N) is 3. The number of hydrogen-bond donors (Lipinski definition) is 2. The van der Waals surface area contributed by atoms with Crippen molar-refractivity contribution in [2.75, 3.05) is 29.9 Å². The summed E-state index contributed by atoms with van der Waals surface area (Å²) in [6.07, 6.45) is 4.17. The third-order valence-electron chi connectivity index (χ3n) is 3.51. The van der Waals surface area contributed by atoms with E-state index < -0.39 is 0 Å². The lowest BCUT2D eigenvalue weighted by atomic mass is 9.96.